The van der Waals surface area contributed by atoms with E-state index >= 15 is 0 Å². The van der Waals surface area contributed by atoms with E-state index in [9.17, 15) is 0 Å². The van der Waals surface area contributed by atoms with Crippen molar-refractivity contribution < 1.29 is 3.89 Å². The second kappa shape index (κ2) is 5.63. The summed E-state index contributed by atoms with van der Waals surface area (Å²) in [5.41, 5.74) is 4.09. The number of hydrogen-bond donors (Lipinski definition) is 0. The van der Waals surface area contributed by atoms with Gasteiger partial charge in [0, 0.05) is 24.0 Å². The van der Waals surface area contributed by atoms with Crippen molar-refractivity contribution in [3.63, 3.8) is 0 Å². The standard InChI is InChI=1S/C17H22NS2/c1-13-16(14-9-5-3-6-10-14)18(2,20-17(13)19)15-11-7-4-8-12-15/h3,5-6,9-10,15H,4,7-8,11-12H2,1-2H3/q+1/t18-/m0/s1. The first-order valence-electron chi connectivity index (χ1n) is 7.50. The van der Waals surface area contributed by atoms with E-state index in [2.05, 4.69) is 44.3 Å². The highest BCUT2D eigenvalue weighted by atomic mass is 32.2. The zero-order valence-corrected chi connectivity index (χ0v) is 13.9. The molecule has 1 aliphatic carbocycles. The maximum absolute atomic E-state index is 5.63. The van der Waals surface area contributed by atoms with Gasteiger partial charge >= 0.3 is 0 Å². The molecule has 0 saturated heterocycles. The molecule has 20 heavy (non-hydrogen) atoms. The van der Waals surface area contributed by atoms with Crippen LogP contribution in [0.1, 0.15) is 44.6 Å². The van der Waals surface area contributed by atoms with Crippen LogP contribution in [0.3, 0.4) is 0 Å². The van der Waals surface area contributed by atoms with Crippen molar-refractivity contribution >= 4 is 34.1 Å². The topological polar surface area (TPSA) is 0 Å². The van der Waals surface area contributed by atoms with Gasteiger partial charge in [-0.05, 0) is 31.9 Å². The average molecular weight is 305 g/mol. The van der Waals surface area contributed by atoms with Crippen LogP contribution in [0.2, 0.25) is 0 Å². The van der Waals surface area contributed by atoms with E-state index in [1.54, 1.807) is 0 Å². The van der Waals surface area contributed by atoms with E-state index in [1.807, 2.05) is 11.9 Å². The Morgan fingerprint density at radius 1 is 1.10 bits per heavy atom. The Morgan fingerprint density at radius 3 is 2.40 bits per heavy atom. The van der Waals surface area contributed by atoms with E-state index < -0.39 is 0 Å². The van der Waals surface area contributed by atoms with Crippen molar-refractivity contribution in [2.45, 2.75) is 45.1 Å². The van der Waals surface area contributed by atoms with Gasteiger partial charge in [-0.25, -0.2) is 3.89 Å². The predicted octanol–water partition coefficient (Wildman–Crippen LogP) is 5.19. The third-order valence-corrected chi connectivity index (χ3v) is 6.56. The van der Waals surface area contributed by atoms with E-state index in [0.717, 1.165) is 8.08 Å². The van der Waals surface area contributed by atoms with Crippen LogP contribution < -0.4 is 0 Å². The molecule has 0 radical (unpaired) electrons. The van der Waals surface area contributed by atoms with E-state index in [4.69, 9.17) is 12.2 Å². The summed E-state index contributed by atoms with van der Waals surface area (Å²) < 4.78 is 2.03. The summed E-state index contributed by atoms with van der Waals surface area (Å²) in [6.07, 6.45) is 6.79. The summed E-state index contributed by atoms with van der Waals surface area (Å²) in [7, 11) is 2.37. The lowest BCUT2D eigenvalue weighted by Crippen LogP contribution is -2.44. The summed E-state index contributed by atoms with van der Waals surface area (Å²) in [6.45, 7) is 2.20. The number of rotatable bonds is 2. The molecule has 1 aromatic rings. The largest absolute Gasteiger partial charge is 0.224 e. The SMILES string of the molecule is CC1=C(c2ccccc2)[N@+](C)(C2CCCCC2)SC1=S. The van der Waals surface area contributed by atoms with Crippen LogP contribution >= 0.6 is 24.2 Å². The Bertz CT molecular complexity index is 543. The Labute approximate surface area is 131 Å². The molecule has 0 N–H and O–H groups in total. The van der Waals surface area contributed by atoms with Gasteiger partial charge in [-0.3, -0.25) is 0 Å². The van der Waals surface area contributed by atoms with Crippen molar-refractivity contribution in [2.75, 3.05) is 7.05 Å². The van der Waals surface area contributed by atoms with Gasteiger partial charge in [-0.2, -0.15) is 0 Å². The summed E-state index contributed by atoms with van der Waals surface area (Å²) in [6, 6.07) is 11.5. The van der Waals surface area contributed by atoms with Crippen molar-refractivity contribution in [3.8, 4) is 0 Å². The molecule has 1 aliphatic heterocycles. The van der Waals surface area contributed by atoms with Crippen molar-refractivity contribution in [1.82, 2.24) is 0 Å². The fourth-order valence-corrected chi connectivity index (χ4v) is 5.45. The van der Waals surface area contributed by atoms with Gasteiger partial charge < -0.3 is 0 Å². The smallest absolute Gasteiger partial charge is 0.157 e. The van der Waals surface area contributed by atoms with Crippen LogP contribution in [0.5, 0.6) is 0 Å². The molecule has 1 saturated carbocycles. The van der Waals surface area contributed by atoms with Crippen LogP contribution in [0, 0.1) is 0 Å². The fraction of sp³-hybridized carbons (Fsp3) is 0.471. The maximum Gasteiger partial charge on any atom is 0.157 e. The lowest BCUT2D eigenvalue weighted by molar-refractivity contribution is -0.726. The Morgan fingerprint density at radius 2 is 1.75 bits per heavy atom. The zero-order chi connectivity index (χ0) is 14.2. The first-order chi connectivity index (χ1) is 9.63. The predicted molar refractivity (Wildman–Crippen MR) is 92.3 cm³/mol. The minimum Gasteiger partial charge on any atom is -0.224 e. The highest BCUT2D eigenvalue weighted by Crippen LogP contribution is 2.50. The minimum absolute atomic E-state index is 0.708. The van der Waals surface area contributed by atoms with Crippen molar-refractivity contribution in [2.24, 2.45) is 0 Å². The first-order valence-corrected chi connectivity index (χ1v) is 8.68. The van der Waals surface area contributed by atoms with Crippen molar-refractivity contribution in [3.05, 3.63) is 41.5 Å². The third kappa shape index (κ3) is 2.36. The van der Waals surface area contributed by atoms with E-state index in [0.29, 0.717) is 6.04 Å². The van der Waals surface area contributed by atoms with E-state index in [-0.39, 0.29) is 0 Å². The van der Waals surface area contributed by atoms with Gasteiger partial charge in [-0.1, -0.05) is 36.8 Å². The van der Waals surface area contributed by atoms with Crippen LogP contribution in [0.15, 0.2) is 35.9 Å². The monoisotopic (exact) mass is 304 g/mol. The molecule has 1 atom stereocenters. The molecular weight excluding hydrogens is 282 g/mol. The second-order valence-electron chi connectivity index (χ2n) is 6.00. The Balaban J connectivity index is 2.04. The normalized spacial score (nSPS) is 28.2. The van der Waals surface area contributed by atoms with Gasteiger partial charge in [0.05, 0.1) is 7.05 Å². The number of quaternary nitrogens is 1. The molecule has 3 rings (SSSR count). The zero-order valence-electron chi connectivity index (χ0n) is 12.3. The van der Waals surface area contributed by atoms with Gasteiger partial charge in [0.2, 0.25) is 0 Å². The second-order valence-corrected chi connectivity index (χ2v) is 8.02. The molecule has 0 amide bonds. The van der Waals surface area contributed by atoms with E-state index in [1.165, 1.54) is 48.9 Å². The fourth-order valence-electron chi connectivity index (χ4n) is 3.62. The molecule has 0 bridgehead atoms. The molecule has 1 heterocycles. The van der Waals surface area contributed by atoms with Gasteiger partial charge in [-0.15, -0.1) is 0 Å². The summed E-state index contributed by atoms with van der Waals surface area (Å²) in [5.74, 6) is 0. The lowest BCUT2D eigenvalue weighted by atomic mass is 9.93. The highest BCUT2D eigenvalue weighted by molar-refractivity contribution is 8.20. The molecule has 3 heteroatoms. The maximum atomic E-state index is 5.63. The summed E-state index contributed by atoms with van der Waals surface area (Å²) in [4.78, 5) is 0. The number of thiocarbonyl (C=S) groups is 1. The van der Waals surface area contributed by atoms with Gasteiger partial charge in [0.15, 0.2) is 5.70 Å². The summed E-state index contributed by atoms with van der Waals surface area (Å²) >= 11 is 7.51. The molecule has 1 aromatic carbocycles. The Kier molecular flexibility index (Phi) is 4.02. The number of nitrogens with zero attached hydrogens (tertiary/aromatic N) is 1. The molecular formula is C17H22NS2+. The molecule has 106 valence electrons. The quantitative estimate of drug-likeness (QED) is 0.419. The summed E-state index contributed by atoms with van der Waals surface area (Å²) in [5, 5.41) is 0. The molecule has 2 aliphatic rings. The average Bonchev–Trinajstić information content (AvgIpc) is 2.72. The van der Waals surface area contributed by atoms with Gasteiger partial charge in [0.1, 0.15) is 22.2 Å². The third-order valence-electron chi connectivity index (χ3n) is 4.70. The Hall–Kier alpha value is -0.640. The molecule has 1 nitrogen and oxygen atoms in total. The van der Waals surface area contributed by atoms with Gasteiger partial charge in [0.25, 0.3) is 0 Å². The molecule has 0 unspecified atom stereocenters. The van der Waals surface area contributed by atoms with Crippen molar-refractivity contribution in [1.29, 1.82) is 0 Å². The molecule has 0 aromatic heterocycles. The van der Waals surface area contributed by atoms with Crippen LogP contribution in [-0.2, 0) is 0 Å². The minimum atomic E-state index is 0.708. The van der Waals surface area contributed by atoms with Crippen LogP contribution in [0.25, 0.3) is 5.70 Å². The highest BCUT2D eigenvalue weighted by Gasteiger charge is 2.47. The van der Waals surface area contributed by atoms with Crippen LogP contribution in [-0.4, -0.2) is 21.2 Å². The number of benzene rings is 1. The number of hydrogen-bond acceptors (Lipinski definition) is 2. The lowest BCUT2D eigenvalue weighted by Gasteiger charge is -2.39. The van der Waals surface area contributed by atoms with Crippen LogP contribution in [0.4, 0.5) is 0 Å². The first kappa shape index (κ1) is 14.3. The molecule has 0 spiro atoms. The molecule has 1 fully saturated rings.